The van der Waals surface area contributed by atoms with Crippen LogP contribution in [0.15, 0.2) is 188 Å². The molecule has 266 valence electrons. The zero-order chi connectivity index (χ0) is 36.8. The Morgan fingerprint density at radius 2 is 1.04 bits per heavy atom. The molecule has 0 amide bonds. The minimum atomic E-state index is -0.270. The van der Waals surface area contributed by atoms with Crippen molar-refractivity contribution in [2.75, 3.05) is 4.90 Å². The van der Waals surface area contributed by atoms with Crippen molar-refractivity contribution in [1.82, 2.24) is 0 Å². The molecule has 0 bridgehead atoms. The van der Waals surface area contributed by atoms with Crippen molar-refractivity contribution < 1.29 is 0 Å². The first-order valence-corrected chi connectivity index (χ1v) is 20.1. The van der Waals surface area contributed by atoms with E-state index >= 15 is 0 Å². The van der Waals surface area contributed by atoms with Crippen molar-refractivity contribution in [1.29, 1.82) is 0 Å². The van der Waals surface area contributed by atoms with E-state index in [1.807, 2.05) is 0 Å². The third-order valence-corrected chi connectivity index (χ3v) is 12.6. The molecule has 0 aromatic heterocycles. The predicted molar refractivity (Wildman–Crippen MR) is 233 cm³/mol. The Bertz CT molecular complexity index is 2640. The second kappa shape index (κ2) is 13.9. The fourth-order valence-corrected chi connectivity index (χ4v) is 9.88. The summed E-state index contributed by atoms with van der Waals surface area (Å²) in [5.41, 5.74) is 16.4. The summed E-state index contributed by atoms with van der Waals surface area (Å²) in [6.45, 7) is 2.40. The Balaban J connectivity index is 1.17. The minimum absolute atomic E-state index is 0.270. The quantitative estimate of drug-likeness (QED) is 0.159. The van der Waals surface area contributed by atoms with E-state index in [2.05, 4.69) is 200 Å². The van der Waals surface area contributed by atoms with Gasteiger partial charge in [-0.3, -0.25) is 0 Å². The highest BCUT2D eigenvalue weighted by Gasteiger charge is 2.40. The SMILES string of the molecule is CC1(c2ccccc2)c2ccccc2-c2ccc(-c3ccccc3N(c3ccccc3)c3ccccc3-c3cccc4cccc(C5CCCCC5)c34)cc21. The van der Waals surface area contributed by atoms with Gasteiger partial charge in [0.05, 0.1) is 11.4 Å². The first-order chi connectivity index (χ1) is 27.2. The number of para-hydroxylation sites is 3. The first-order valence-electron chi connectivity index (χ1n) is 20.1. The monoisotopic (exact) mass is 707 g/mol. The summed E-state index contributed by atoms with van der Waals surface area (Å²) in [7, 11) is 0. The lowest BCUT2D eigenvalue weighted by molar-refractivity contribution is 0.445. The smallest absolute Gasteiger partial charge is 0.0540 e. The molecule has 0 spiro atoms. The summed E-state index contributed by atoms with van der Waals surface area (Å²) in [5, 5.41) is 2.73. The topological polar surface area (TPSA) is 3.24 Å². The van der Waals surface area contributed by atoms with Gasteiger partial charge in [-0.05, 0) is 111 Å². The third kappa shape index (κ3) is 5.61. The summed E-state index contributed by atoms with van der Waals surface area (Å²) in [5.74, 6) is 0.601. The Labute approximate surface area is 325 Å². The predicted octanol–water partition coefficient (Wildman–Crippen LogP) is 15.0. The molecule has 55 heavy (non-hydrogen) atoms. The fraction of sp³-hybridized carbons (Fsp3) is 0.148. The van der Waals surface area contributed by atoms with E-state index in [1.54, 1.807) is 0 Å². The number of fused-ring (bicyclic) bond motifs is 4. The lowest BCUT2D eigenvalue weighted by atomic mass is 9.74. The lowest BCUT2D eigenvalue weighted by Gasteiger charge is -2.31. The Morgan fingerprint density at radius 3 is 1.80 bits per heavy atom. The fourth-order valence-electron chi connectivity index (χ4n) is 9.88. The summed E-state index contributed by atoms with van der Waals surface area (Å²) >= 11 is 0. The molecule has 1 fully saturated rings. The number of anilines is 3. The van der Waals surface area contributed by atoms with E-state index in [4.69, 9.17) is 0 Å². The highest BCUT2D eigenvalue weighted by molar-refractivity contribution is 6.04. The number of hydrogen-bond donors (Lipinski definition) is 0. The van der Waals surface area contributed by atoms with Gasteiger partial charge in [-0.2, -0.15) is 0 Å². The molecule has 0 N–H and O–H groups in total. The molecular formula is C54H45N. The molecule has 2 aliphatic carbocycles. The maximum absolute atomic E-state index is 2.49. The second-order valence-electron chi connectivity index (χ2n) is 15.6. The zero-order valence-corrected chi connectivity index (χ0v) is 31.5. The number of hydrogen-bond acceptors (Lipinski definition) is 1. The van der Waals surface area contributed by atoms with Crippen LogP contribution in [0.5, 0.6) is 0 Å². The van der Waals surface area contributed by atoms with Gasteiger partial charge in [0.25, 0.3) is 0 Å². The van der Waals surface area contributed by atoms with Crippen LogP contribution in [0.25, 0.3) is 44.2 Å². The summed E-state index contributed by atoms with van der Waals surface area (Å²) in [4.78, 5) is 2.49. The van der Waals surface area contributed by atoms with Crippen LogP contribution >= 0.6 is 0 Å². The summed E-state index contributed by atoms with van der Waals surface area (Å²) in [6.07, 6.45) is 6.53. The van der Waals surface area contributed by atoms with Crippen LogP contribution in [0.4, 0.5) is 17.1 Å². The second-order valence-corrected chi connectivity index (χ2v) is 15.6. The summed E-state index contributed by atoms with van der Waals surface area (Å²) < 4.78 is 0. The maximum Gasteiger partial charge on any atom is 0.0540 e. The molecule has 1 heteroatoms. The number of benzene rings is 8. The molecule has 1 saturated carbocycles. The van der Waals surface area contributed by atoms with Crippen LogP contribution in [0.1, 0.15) is 67.2 Å². The molecular weight excluding hydrogens is 663 g/mol. The molecule has 8 aromatic rings. The highest BCUT2D eigenvalue weighted by atomic mass is 15.1. The minimum Gasteiger partial charge on any atom is -0.309 e. The van der Waals surface area contributed by atoms with E-state index in [0.717, 1.165) is 11.4 Å². The number of nitrogens with zero attached hydrogens (tertiary/aromatic N) is 1. The lowest BCUT2D eigenvalue weighted by Crippen LogP contribution is -2.22. The van der Waals surface area contributed by atoms with Gasteiger partial charge < -0.3 is 4.90 Å². The molecule has 1 nitrogen and oxygen atoms in total. The van der Waals surface area contributed by atoms with Gasteiger partial charge in [0.15, 0.2) is 0 Å². The molecule has 1 atom stereocenters. The zero-order valence-electron chi connectivity index (χ0n) is 31.5. The first kappa shape index (κ1) is 33.4. The third-order valence-electron chi connectivity index (χ3n) is 12.6. The molecule has 8 aromatic carbocycles. The van der Waals surface area contributed by atoms with Crippen LogP contribution in [-0.4, -0.2) is 0 Å². The van der Waals surface area contributed by atoms with Crippen molar-refractivity contribution in [3.8, 4) is 33.4 Å². The summed E-state index contributed by atoms with van der Waals surface area (Å²) in [6, 6.07) is 70.0. The van der Waals surface area contributed by atoms with Crippen molar-refractivity contribution in [2.24, 2.45) is 0 Å². The van der Waals surface area contributed by atoms with Gasteiger partial charge in [0, 0.05) is 22.2 Å². The molecule has 10 rings (SSSR count). The average molecular weight is 708 g/mol. The Kier molecular flexibility index (Phi) is 8.44. The van der Waals surface area contributed by atoms with Crippen LogP contribution < -0.4 is 4.90 Å². The average Bonchev–Trinajstić information content (AvgIpc) is 3.52. The van der Waals surface area contributed by atoms with Crippen LogP contribution in [0.2, 0.25) is 0 Å². The normalized spacial score (nSPS) is 16.5. The maximum atomic E-state index is 2.49. The van der Waals surface area contributed by atoms with E-state index in [-0.39, 0.29) is 5.41 Å². The van der Waals surface area contributed by atoms with E-state index < -0.39 is 0 Å². The molecule has 0 saturated heterocycles. The largest absolute Gasteiger partial charge is 0.309 e. The van der Waals surface area contributed by atoms with E-state index in [0.29, 0.717) is 5.92 Å². The van der Waals surface area contributed by atoms with E-state index in [9.17, 15) is 0 Å². The standard InChI is InChI=1S/C54H45N/c1-54(41-23-7-3-8-24-41)49-32-14-11-28-45(49)46-36-35-40(37-50(46)54)43-27-12-15-33-51(43)55(42-25-9-4-10-26-42)52-34-16-13-29-47(52)48-31-18-22-39-21-17-30-44(53(39)48)38-19-5-2-6-20-38/h3-4,7-18,21-38H,2,5-6,19-20H2,1H3. The van der Waals surface area contributed by atoms with Gasteiger partial charge in [-0.15, -0.1) is 0 Å². The van der Waals surface area contributed by atoms with Crippen molar-refractivity contribution in [3.05, 3.63) is 210 Å². The van der Waals surface area contributed by atoms with Crippen molar-refractivity contribution >= 4 is 27.8 Å². The van der Waals surface area contributed by atoms with Crippen LogP contribution in [0.3, 0.4) is 0 Å². The molecule has 0 radical (unpaired) electrons. The molecule has 1 unspecified atom stereocenters. The van der Waals surface area contributed by atoms with Crippen molar-refractivity contribution in [3.63, 3.8) is 0 Å². The van der Waals surface area contributed by atoms with Gasteiger partial charge in [0.1, 0.15) is 0 Å². The Morgan fingerprint density at radius 1 is 0.455 bits per heavy atom. The van der Waals surface area contributed by atoms with Gasteiger partial charge in [-0.25, -0.2) is 0 Å². The molecule has 2 aliphatic rings. The van der Waals surface area contributed by atoms with Gasteiger partial charge in [0.2, 0.25) is 0 Å². The van der Waals surface area contributed by atoms with Gasteiger partial charge in [-0.1, -0.05) is 177 Å². The van der Waals surface area contributed by atoms with Crippen molar-refractivity contribution in [2.45, 2.75) is 50.4 Å². The van der Waals surface area contributed by atoms with E-state index in [1.165, 1.54) is 104 Å². The molecule has 0 aliphatic heterocycles. The van der Waals surface area contributed by atoms with Gasteiger partial charge >= 0.3 is 0 Å². The number of rotatable bonds is 7. The molecule has 0 heterocycles. The van der Waals surface area contributed by atoms with Crippen LogP contribution in [0, 0.1) is 0 Å². The highest BCUT2D eigenvalue weighted by Crippen LogP contribution is 2.54. The van der Waals surface area contributed by atoms with Crippen LogP contribution in [-0.2, 0) is 5.41 Å². The Hall–Kier alpha value is -6.18.